The van der Waals surface area contributed by atoms with Gasteiger partial charge in [-0.2, -0.15) is 0 Å². The van der Waals surface area contributed by atoms with E-state index in [0.29, 0.717) is 12.3 Å². The molecule has 0 aromatic heterocycles. The fourth-order valence-electron chi connectivity index (χ4n) is 1.43. The van der Waals surface area contributed by atoms with Gasteiger partial charge in [0.1, 0.15) is 17.7 Å². The van der Waals surface area contributed by atoms with Crippen LogP contribution in [0, 0.1) is 18.2 Å². The van der Waals surface area contributed by atoms with E-state index in [1.807, 2.05) is 6.92 Å². The predicted molar refractivity (Wildman–Crippen MR) is 64.1 cm³/mol. The summed E-state index contributed by atoms with van der Waals surface area (Å²) in [5, 5.41) is 0. The second-order valence-electron chi connectivity index (χ2n) is 5.12. The topological polar surface area (TPSA) is 35.2 Å². The first-order valence-corrected chi connectivity index (χ1v) is 5.47. The number of hydrogen-bond donors (Lipinski definition) is 1. The minimum atomic E-state index is -0.287. The highest BCUT2D eigenvalue weighted by molar-refractivity contribution is 5.33. The van der Waals surface area contributed by atoms with E-state index in [1.54, 1.807) is 6.07 Å². The summed E-state index contributed by atoms with van der Waals surface area (Å²) in [6.07, 6.45) is -0.118. The first kappa shape index (κ1) is 13.0. The highest BCUT2D eigenvalue weighted by atomic mass is 19.1. The van der Waals surface area contributed by atoms with E-state index in [2.05, 4.69) is 20.8 Å². The van der Waals surface area contributed by atoms with Crippen LogP contribution in [-0.4, -0.2) is 12.6 Å². The Bertz CT molecular complexity index is 357. The van der Waals surface area contributed by atoms with Gasteiger partial charge in [0.25, 0.3) is 0 Å². The monoisotopic (exact) mass is 225 g/mol. The molecule has 0 fully saturated rings. The quantitative estimate of drug-likeness (QED) is 0.858. The lowest BCUT2D eigenvalue weighted by atomic mass is 9.89. The molecule has 0 spiro atoms. The second kappa shape index (κ2) is 4.83. The smallest absolute Gasteiger partial charge is 0.126 e. The van der Waals surface area contributed by atoms with Crippen LogP contribution >= 0.6 is 0 Å². The molecule has 1 aromatic rings. The molecule has 1 atom stereocenters. The average Bonchev–Trinajstić information content (AvgIpc) is 2.17. The molecule has 0 aliphatic carbocycles. The molecule has 1 rings (SSSR count). The Morgan fingerprint density at radius 3 is 2.50 bits per heavy atom. The Morgan fingerprint density at radius 1 is 1.38 bits per heavy atom. The standard InChI is InChI=1S/C13H20FNO/c1-9-5-6-10(14)7-11(9)16-12(8-15)13(2,3)4/h5-7,12H,8,15H2,1-4H3. The number of aryl methyl sites for hydroxylation is 1. The number of benzene rings is 1. The van der Waals surface area contributed by atoms with E-state index in [-0.39, 0.29) is 17.3 Å². The van der Waals surface area contributed by atoms with Crippen molar-refractivity contribution in [2.75, 3.05) is 6.54 Å². The predicted octanol–water partition coefficient (Wildman–Crippen LogP) is 2.89. The van der Waals surface area contributed by atoms with Crippen LogP contribution in [-0.2, 0) is 0 Å². The van der Waals surface area contributed by atoms with Crippen molar-refractivity contribution in [2.24, 2.45) is 11.1 Å². The summed E-state index contributed by atoms with van der Waals surface area (Å²) in [5.41, 5.74) is 6.53. The Hall–Kier alpha value is -1.09. The highest BCUT2D eigenvalue weighted by Gasteiger charge is 2.25. The maximum atomic E-state index is 13.1. The summed E-state index contributed by atoms with van der Waals surface area (Å²) >= 11 is 0. The van der Waals surface area contributed by atoms with Gasteiger partial charge in [-0.25, -0.2) is 4.39 Å². The van der Waals surface area contributed by atoms with Gasteiger partial charge in [-0.15, -0.1) is 0 Å². The molecule has 0 aliphatic rings. The van der Waals surface area contributed by atoms with E-state index in [1.165, 1.54) is 12.1 Å². The molecular formula is C13H20FNO. The summed E-state index contributed by atoms with van der Waals surface area (Å²) in [4.78, 5) is 0. The van der Waals surface area contributed by atoms with Crippen molar-refractivity contribution < 1.29 is 9.13 Å². The normalized spacial score (nSPS) is 13.6. The maximum absolute atomic E-state index is 13.1. The van der Waals surface area contributed by atoms with Crippen molar-refractivity contribution >= 4 is 0 Å². The lowest BCUT2D eigenvalue weighted by Gasteiger charge is -2.30. The Balaban J connectivity index is 2.90. The fraction of sp³-hybridized carbons (Fsp3) is 0.538. The summed E-state index contributed by atoms with van der Waals surface area (Å²) in [7, 11) is 0. The van der Waals surface area contributed by atoms with Crippen molar-refractivity contribution in [3.05, 3.63) is 29.6 Å². The van der Waals surface area contributed by atoms with Crippen LogP contribution in [0.2, 0.25) is 0 Å². The maximum Gasteiger partial charge on any atom is 0.126 e. The first-order chi connectivity index (χ1) is 7.34. The van der Waals surface area contributed by atoms with Crippen LogP contribution in [0.3, 0.4) is 0 Å². The number of halogens is 1. The molecular weight excluding hydrogens is 205 g/mol. The first-order valence-electron chi connectivity index (χ1n) is 5.47. The van der Waals surface area contributed by atoms with Crippen LogP contribution < -0.4 is 10.5 Å². The van der Waals surface area contributed by atoms with E-state index >= 15 is 0 Å². The van der Waals surface area contributed by atoms with E-state index in [0.717, 1.165) is 5.56 Å². The molecule has 16 heavy (non-hydrogen) atoms. The van der Waals surface area contributed by atoms with Crippen LogP contribution in [0.1, 0.15) is 26.3 Å². The zero-order chi connectivity index (χ0) is 12.3. The third-order valence-electron chi connectivity index (χ3n) is 2.60. The van der Waals surface area contributed by atoms with Crippen molar-refractivity contribution in [2.45, 2.75) is 33.8 Å². The molecule has 0 amide bonds. The van der Waals surface area contributed by atoms with Crippen molar-refractivity contribution in [3.8, 4) is 5.75 Å². The number of ether oxygens (including phenoxy) is 1. The van der Waals surface area contributed by atoms with Crippen LogP contribution in [0.4, 0.5) is 4.39 Å². The van der Waals surface area contributed by atoms with Crippen molar-refractivity contribution in [1.82, 2.24) is 0 Å². The third-order valence-corrected chi connectivity index (χ3v) is 2.60. The minimum Gasteiger partial charge on any atom is -0.488 e. The van der Waals surface area contributed by atoms with Gasteiger partial charge in [-0.3, -0.25) is 0 Å². The molecule has 0 heterocycles. The van der Waals surface area contributed by atoms with E-state index in [4.69, 9.17) is 10.5 Å². The summed E-state index contributed by atoms with van der Waals surface area (Å²) in [6.45, 7) is 8.47. The molecule has 1 unspecified atom stereocenters. The molecule has 90 valence electrons. The van der Waals surface area contributed by atoms with Crippen LogP contribution in [0.5, 0.6) is 5.75 Å². The molecule has 0 radical (unpaired) electrons. The van der Waals surface area contributed by atoms with Crippen molar-refractivity contribution in [3.63, 3.8) is 0 Å². The third kappa shape index (κ3) is 3.20. The zero-order valence-corrected chi connectivity index (χ0v) is 10.4. The van der Waals surface area contributed by atoms with Gasteiger partial charge < -0.3 is 10.5 Å². The molecule has 0 saturated heterocycles. The van der Waals surface area contributed by atoms with Crippen molar-refractivity contribution in [1.29, 1.82) is 0 Å². The largest absolute Gasteiger partial charge is 0.488 e. The van der Waals surface area contributed by atoms with Gasteiger partial charge in [0, 0.05) is 18.0 Å². The lowest BCUT2D eigenvalue weighted by Crippen LogP contribution is -2.38. The molecule has 0 aliphatic heterocycles. The van der Waals surface area contributed by atoms with Gasteiger partial charge in [0.2, 0.25) is 0 Å². The summed E-state index contributed by atoms with van der Waals surface area (Å²) in [6, 6.07) is 4.54. The Morgan fingerprint density at radius 2 is 2.00 bits per heavy atom. The minimum absolute atomic E-state index is 0.0620. The van der Waals surface area contributed by atoms with E-state index in [9.17, 15) is 4.39 Å². The zero-order valence-electron chi connectivity index (χ0n) is 10.4. The number of nitrogens with two attached hydrogens (primary N) is 1. The molecule has 0 bridgehead atoms. The second-order valence-corrected chi connectivity index (χ2v) is 5.12. The van der Waals surface area contributed by atoms with Gasteiger partial charge in [0.15, 0.2) is 0 Å². The highest BCUT2D eigenvalue weighted by Crippen LogP contribution is 2.26. The summed E-state index contributed by atoms with van der Waals surface area (Å²) in [5.74, 6) is 0.288. The van der Waals surface area contributed by atoms with Gasteiger partial charge in [-0.1, -0.05) is 26.8 Å². The average molecular weight is 225 g/mol. The van der Waals surface area contributed by atoms with Gasteiger partial charge >= 0.3 is 0 Å². The fourth-order valence-corrected chi connectivity index (χ4v) is 1.43. The Kier molecular flexibility index (Phi) is 3.92. The van der Waals surface area contributed by atoms with Gasteiger partial charge in [0.05, 0.1) is 0 Å². The van der Waals surface area contributed by atoms with Crippen LogP contribution in [0.25, 0.3) is 0 Å². The molecule has 0 saturated carbocycles. The van der Waals surface area contributed by atoms with Crippen LogP contribution in [0.15, 0.2) is 18.2 Å². The molecule has 2 nitrogen and oxygen atoms in total. The van der Waals surface area contributed by atoms with E-state index < -0.39 is 0 Å². The number of rotatable bonds is 3. The molecule has 2 N–H and O–H groups in total. The molecule has 3 heteroatoms. The lowest BCUT2D eigenvalue weighted by molar-refractivity contribution is 0.0931. The van der Waals surface area contributed by atoms with Gasteiger partial charge in [-0.05, 0) is 18.6 Å². The Labute approximate surface area is 96.6 Å². The SMILES string of the molecule is Cc1ccc(F)cc1OC(CN)C(C)(C)C. The number of hydrogen-bond acceptors (Lipinski definition) is 2. The molecule has 1 aromatic carbocycles. The summed E-state index contributed by atoms with van der Waals surface area (Å²) < 4.78 is 18.9.